The Labute approximate surface area is 281 Å². The Hall–Kier alpha value is -3.74. The van der Waals surface area contributed by atoms with Crippen molar-refractivity contribution in [2.45, 2.75) is 36.0 Å². The number of nitriles is 1. The third-order valence-electron chi connectivity index (χ3n) is 8.87. The predicted molar refractivity (Wildman–Crippen MR) is 184 cm³/mol. The lowest BCUT2D eigenvalue weighted by atomic mass is 9.88. The number of halogens is 2. The average molecular weight is 677 g/mol. The van der Waals surface area contributed by atoms with Crippen molar-refractivity contribution >= 4 is 56.7 Å². The van der Waals surface area contributed by atoms with Crippen LogP contribution >= 0.6 is 23.2 Å². The summed E-state index contributed by atoms with van der Waals surface area (Å²) in [5, 5.41) is 21.6. The van der Waals surface area contributed by atoms with E-state index in [2.05, 4.69) is 11.0 Å². The number of amides is 1. The van der Waals surface area contributed by atoms with E-state index in [1.165, 1.54) is 0 Å². The van der Waals surface area contributed by atoms with Gasteiger partial charge in [-0.1, -0.05) is 59.6 Å². The van der Waals surface area contributed by atoms with Gasteiger partial charge >= 0.3 is 5.97 Å². The number of likely N-dealkylation sites (tertiary alicyclic amines) is 1. The molecule has 0 spiro atoms. The largest absolute Gasteiger partial charge is 0.478 e. The summed E-state index contributed by atoms with van der Waals surface area (Å²) in [4.78, 5) is 30.0. The van der Waals surface area contributed by atoms with Gasteiger partial charge in [0.2, 0.25) is 0 Å². The maximum absolute atomic E-state index is 13.8. The third kappa shape index (κ3) is 7.62. The first kappa shape index (κ1) is 33.6. The van der Waals surface area contributed by atoms with Gasteiger partial charge in [0, 0.05) is 36.2 Å². The number of fused-ring (bicyclic) bond motifs is 1. The van der Waals surface area contributed by atoms with Gasteiger partial charge in [-0.3, -0.25) is 9.00 Å². The van der Waals surface area contributed by atoms with Crippen LogP contribution in [0.1, 0.15) is 68.5 Å². The van der Waals surface area contributed by atoms with Crippen LogP contribution in [-0.4, -0.2) is 70.5 Å². The smallest absolute Gasteiger partial charge is 0.335 e. The van der Waals surface area contributed by atoms with Crippen molar-refractivity contribution in [3.05, 3.63) is 111 Å². The van der Waals surface area contributed by atoms with Crippen molar-refractivity contribution in [2.75, 3.05) is 39.5 Å². The first-order valence-corrected chi connectivity index (χ1v) is 17.4. The third-order valence-corrected chi connectivity index (χ3v) is 10.6. The molecule has 1 unspecified atom stereocenters. The molecule has 7 nitrogen and oxygen atoms in total. The standard InChI is InChI=1S/C36H35Cl2N3O4S/c1-40(35(42)31-18-23(21-39)17-26-5-3-4-6-29(26)31)22-28(25-8-10-32(37)33(38)19-25)13-16-41-14-11-24(12-15-41)30-9-7-27(36(43)44)20-34(30)46(2)45/h3-10,17-20,24,28H,11-16,22H2,1-2H3,(H,43,44)/t28-,46?/m1/s1. The van der Waals surface area contributed by atoms with Gasteiger partial charge in [-0.05, 0) is 103 Å². The molecule has 1 N–H and O–H groups in total. The molecule has 1 aliphatic heterocycles. The molecule has 1 aliphatic rings. The number of benzene rings is 4. The molecular formula is C36H35Cl2N3O4S. The average Bonchev–Trinajstić information content (AvgIpc) is 3.06. The molecule has 0 radical (unpaired) electrons. The molecule has 10 heteroatoms. The molecule has 1 fully saturated rings. The number of rotatable bonds is 10. The van der Waals surface area contributed by atoms with Gasteiger partial charge in [-0.2, -0.15) is 5.26 Å². The number of carboxylic acid groups (broad SMARTS) is 1. The normalized spacial score (nSPS) is 15.3. The maximum atomic E-state index is 13.8. The number of aromatic carboxylic acids is 1. The van der Waals surface area contributed by atoms with Crippen LogP contribution in [-0.2, 0) is 10.8 Å². The van der Waals surface area contributed by atoms with E-state index in [0.29, 0.717) is 32.6 Å². The second kappa shape index (κ2) is 14.8. The predicted octanol–water partition coefficient (Wildman–Crippen LogP) is 7.58. The van der Waals surface area contributed by atoms with Gasteiger partial charge in [-0.15, -0.1) is 0 Å². The molecule has 0 saturated carbocycles. The molecule has 4 aromatic carbocycles. The zero-order valence-corrected chi connectivity index (χ0v) is 28.0. The van der Waals surface area contributed by atoms with Crippen molar-refractivity contribution < 1.29 is 18.9 Å². The molecule has 0 aliphatic carbocycles. The van der Waals surface area contributed by atoms with Crippen LogP contribution in [0.2, 0.25) is 10.0 Å². The van der Waals surface area contributed by atoms with E-state index in [9.17, 15) is 24.2 Å². The topological polar surface area (TPSA) is 102 Å². The number of carboxylic acids is 1. The van der Waals surface area contributed by atoms with Crippen molar-refractivity contribution in [1.29, 1.82) is 5.26 Å². The molecule has 4 aromatic rings. The lowest BCUT2D eigenvalue weighted by Gasteiger charge is -2.34. The summed E-state index contributed by atoms with van der Waals surface area (Å²) in [5.41, 5.74) is 3.04. The summed E-state index contributed by atoms with van der Waals surface area (Å²) in [7, 11) is 0.498. The van der Waals surface area contributed by atoms with Crippen LogP contribution < -0.4 is 0 Å². The Morgan fingerprint density at radius 1 is 1.04 bits per heavy atom. The van der Waals surface area contributed by atoms with Gasteiger partial charge in [-0.25, -0.2) is 4.79 Å². The summed E-state index contributed by atoms with van der Waals surface area (Å²) in [6.07, 6.45) is 4.10. The molecule has 238 valence electrons. The quantitative estimate of drug-likeness (QED) is 0.186. The highest BCUT2D eigenvalue weighted by Crippen LogP contribution is 2.34. The molecule has 0 aromatic heterocycles. The van der Waals surface area contributed by atoms with Crippen LogP contribution in [0.3, 0.4) is 0 Å². The highest BCUT2D eigenvalue weighted by Gasteiger charge is 2.26. The van der Waals surface area contributed by atoms with Crippen molar-refractivity contribution in [2.24, 2.45) is 0 Å². The van der Waals surface area contributed by atoms with Crippen molar-refractivity contribution in [1.82, 2.24) is 9.80 Å². The summed E-state index contributed by atoms with van der Waals surface area (Å²) in [6, 6.07) is 23.8. The first-order valence-electron chi connectivity index (χ1n) is 15.1. The second-order valence-electron chi connectivity index (χ2n) is 11.8. The Kier molecular flexibility index (Phi) is 10.8. The van der Waals surface area contributed by atoms with Gasteiger partial charge in [0.05, 0.1) is 38.0 Å². The molecule has 5 rings (SSSR count). The number of hydrogen-bond acceptors (Lipinski definition) is 5. The minimum absolute atomic E-state index is 0.0236. The second-order valence-corrected chi connectivity index (χ2v) is 14.0. The maximum Gasteiger partial charge on any atom is 0.335 e. The Balaban J connectivity index is 1.30. The fourth-order valence-corrected chi connectivity index (χ4v) is 7.53. The first-order chi connectivity index (χ1) is 22.0. The molecule has 1 heterocycles. The van der Waals surface area contributed by atoms with E-state index < -0.39 is 16.8 Å². The van der Waals surface area contributed by atoms with E-state index in [1.54, 1.807) is 48.5 Å². The van der Waals surface area contributed by atoms with Crippen LogP contribution in [0, 0.1) is 11.3 Å². The number of nitrogens with zero attached hydrogens (tertiary/aromatic N) is 3. The van der Waals surface area contributed by atoms with E-state index in [4.69, 9.17) is 23.2 Å². The summed E-state index contributed by atoms with van der Waals surface area (Å²) >= 11 is 12.7. The number of hydrogen-bond donors (Lipinski definition) is 1. The molecule has 0 bridgehead atoms. The van der Waals surface area contributed by atoms with Crippen LogP contribution in [0.5, 0.6) is 0 Å². The molecule has 46 heavy (non-hydrogen) atoms. The number of carbonyl (C=O) groups excluding carboxylic acids is 1. The minimum Gasteiger partial charge on any atom is -0.478 e. The Bertz CT molecular complexity index is 1850. The van der Waals surface area contributed by atoms with Crippen molar-refractivity contribution in [3.8, 4) is 6.07 Å². The summed E-state index contributed by atoms with van der Waals surface area (Å²) < 4.78 is 12.5. The van der Waals surface area contributed by atoms with Gasteiger partial charge in [0.1, 0.15) is 0 Å². The summed E-state index contributed by atoms with van der Waals surface area (Å²) in [5.74, 6) is -1.01. The molecule has 2 atom stereocenters. The zero-order valence-electron chi connectivity index (χ0n) is 25.7. The number of carbonyl (C=O) groups is 2. The van der Waals surface area contributed by atoms with Crippen LogP contribution in [0.25, 0.3) is 10.8 Å². The van der Waals surface area contributed by atoms with E-state index in [-0.39, 0.29) is 23.3 Å². The fourth-order valence-electron chi connectivity index (χ4n) is 6.36. The van der Waals surface area contributed by atoms with E-state index in [1.807, 2.05) is 42.5 Å². The molecular weight excluding hydrogens is 641 g/mol. The van der Waals surface area contributed by atoms with Gasteiger partial charge < -0.3 is 14.9 Å². The van der Waals surface area contributed by atoms with Crippen LogP contribution in [0.4, 0.5) is 0 Å². The van der Waals surface area contributed by atoms with Gasteiger partial charge in [0.15, 0.2) is 0 Å². The highest BCUT2D eigenvalue weighted by molar-refractivity contribution is 7.84. The van der Waals surface area contributed by atoms with E-state index in [0.717, 1.165) is 60.8 Å². The minimum atomic E-state index is -1.29. The SMILES string of the molecule is CN(C[C@@H](CCN1CCC(c2ccc(C(=O)O)cc2S(C)=O)CC1)c1ccc(Cl)c(Cl)c1)C(=O)c1cc(C#N)cc2ccccc12. The number of piperidine rings is 1. The zero-order chi connectivity index (χ0) is 33.0. The van der Waals surface area contributed by atoms with Crippen molar-refractivity contribution in [3.63, 3.8) is 0 Å². The molecule has 1 saturated heterocycles. The highest BCUT2D eigenvalue weighted by atomic mass is 35.5. The summed E-state index contributed by atoms with van der Waals surface area (Å²) in [6.45, 7) is 2.94. The van der Waals surface area contributed by atoms with E-state index >= 15 is 0 Å². The number of likely N-dealkylation sites (N-methyl/N-ethyl adjacent to an activating group) is 1. The lowest BCUT2D eigenvalue weighted by molar-refractivity contribution is 0.0695. The van der Waals surface area contributed by atoms with Crippen LogP contribution in [0.15, 0.2) is 77.7 Å². The lowest BCUT2D eigenvalue weighted by Crippen LogP contribution is -2.36. The fraction of sp³-hybridized carbons (Fsp3) is 0.306. The Morgan fingerprint density at radius 3 is 2.46 bits per heavy atom. The monoisotopic (exact) mass is 675 g/mol. The van der Waals surface area contributed by atoms with Gasteiger partial charge in [0.25, 0.3) is 5.91 Å². The molecule has 1 amide bonds. The Morgan fingerprint density at radius 2 is 1.78 bits per heavy atom.